The molecular weight excluding hydrogens is 242 g/mol. The van der Waals surface area contributed by atoms with E-state index in [1.165, 1.54) is 0 Å². The zero-order valence-electron chi connectivity index (χ0n) is 9.79. The lowest BCUT2D eigenvalue weighted by Crippen LogP contribution is -1.78. The molecule has 19 heavy (non-hydrogen) atoms. The fourth-order valence-corrected chi connectivity index (χ4v) is 2.39. The van der Waals surface area contributed by atoms with Crippen LogP contribution in [0, 0.1) is 0 Å². The van der Waals surface area contributed by atoms with E-state index in [1.807, 2.05) is 0 Å². The molecule has 4 aromatic rings. The second-order valence-electron chi connectivity index (χ2n) is 4.48. The van der Waals surface area contributed by atoms with E-state index < -0.39 is 0 Å². The molecule has 0 unspecified atom stereocenters. The second-order valence-corrected chi connectivity index (χ2v) is 4.48. The van der Waals surface area contributed by atoms with Crippen LogP contribution in [0.4, 0.5) is 0 Å². The van der Waals surface area contributed by atoms with Gasteiger partial charge in [-0.25, -0.2) is 0 Å². The van der Waals surface area contributed by atoms with Crippen molar-refractivity contribution in [1.82, 2.24) is 4.98 Å². The van der Waals surface area contributed by atoms with Gasteiger partial charge in [0, 0.05) is 28.4 Å². The lowest BCUT2D eigenvalue weighted by atomic mass is 10.1. The number of aromatic hydroxyl groups is 2. The van der Waals surface area contributed by atoms with Crippen LogP contribution in [-0.4, -0.2) is 15.2 Å². The molecule has 0 spiro atoms. The predicted molar refractivity (Wildman–Crippen MR) is 72.4 cm³/mol. The van der Waals surface area contributed by atoms with Gasteiger partial charge in [0.1, 0.15) is 22.7 Å². The molecule has 0 bridgehead atoms. The first-order valence-corrected chi connectivity index (χ1v) is 5.85. The largest absolute Gasteiger partial charge is 0.508 e. The van der Waals surface area contributed by atoms with Crippen LogP contribution in [-0.2, 0) is 0 Å². The summed E-state index contributed by atoms with van der Waals surface area (Å²) in [5.41, 5.74) is 2.09. The molecule has 2 aromatic carbocycles. The molecule has 0 aliphatic carbocycles. The maximum Gasteiger partial charge on any atom is 0.146 e. The van der Waals surface area contributed by atoms with E-state index in [1.54, 1.807) is 42.6 Å². The highest BCUT2D eigenvalue weighted by Gasteiger charge is 2.11. The molecule has 0 amide bonds. The highest BCUT2D eigenvalue weighted by Crippen LogP contribution is 2.35. The molecule has 4 rings (SSSR count). The third-order valence-electron chi connectivity index (χ3n) is 3.27. The van der Waals surface area contributed by atoms with E-state index in [4.69, 9.17) is 4.42 Å². The van der Waals surface area contributed by atoms with Crippen LogP contribution in [0.1, 0.15) is 0 Å². The van der Waals surface area contributed by atoms with Gasteiger partial charge in [0.2, 0.25) is 0 Å². The Balaban J connectivity index is 2.25. The minimum Gasteiger partial charge on any atom is -0.508 e. The summed E-state index contributed by atoms with van der Waals surface area (Å²) in [5.74, 6) is 0.370. The summed E-state index contributed by atoms with van der Waals surface area (Å²) >= 11 is 0. The lowest BCUT2D eigenvalue weighted by Gasteiger charge is -1.98. The fourth-order valence-electron chi connectivity index (χ4n) is 2.39. The third-order valence-corrected chi connectivity index (χ3v) is 3.27. The molecule has 0 atom stereocenters. The Bertz CT molecular complexity index is 940. The van der Waals surface area contributed by atoms with Gasteiger partial charge in [-0.3, -0.25) is 4.98 Å². The molecule has 0 aliphatic heterocycles. The zero-order chi connectivity index (χ0) is 13.0. The molecule has 0 aliphatic rings. The van der Waals surface area contributed by atoms with Crippen LogP contribution >= 0.6 is 0 Å². The van der Waals surface area contributed by atoms with Crippen LogP contribution in [0.2, 0.25) is 0 Å². The van der Waals surface area contributed by atoms with Gasteiger partial charge in [-0.15, -0.1) is 0 Å². The number of fused-ring (bicyclic) bond motifs is 5. The minimum atomic E-state index is 0.174. The van der Waals surface area contributed by atoms with Crippen LogP contribution in [0.25, 0.3) is 32.8 Å². The monoisotopic (exact) mass is 251 g/mol. The van der Waals surface area contributed by atoms with E-state index >= 15 is 0 Å². The first kappa shape index (κ1) is 10.2. The molecule has 0 fully saturated rings. The Labute approximate surface area is 107 Å². The maximum atomic E-state index is 9.56. The van der Waals surface area contributed by atoms with Crippen LogP contribution in [0.15, 0.2) is 47.0 Å². The maximum absolute atomic E-state index is 9.56. The van der Waals surface area contributed by atoms with Crippen molar-refractivity contribution in [2.45, 2.75) is 0 Å². The van der Waals surface area contributed by atoms with Crippen molar-refractivity contribution in [1.29, 1.82) is 0 Å². The first-order valence-electron chi connectivity index (χ1n) is 5.85. The molecule has 2 N–H and O–H groups in total. The van der Waals surface area contributed by atoms with Gasteiger partial charge >= 0.3 is 0 Å². The van der Waals surface area contributed by atoms with E-state index in [0.29, 0.717) is 16.7 Å². The number of aromatic nitrogens is 1. The number of benzene rings is 2. The first-order chi connectivity index (χ1) is 9.22. The molecular formula is C15H9NO3. The third kappa shape index (κ3) is 1.37. The number of phenols is 2. The van der Waals surface area contributed by atoms with Crippen molar-refractivity contribution < 1.29 is 14.6 Å². The van der Waals surface area contributed by atoms with Gasteiger partial charge in [-0.1, -0.05) is 0 Å². The summed E-state index contributed by atoms with van der Waals surface area (Å²) in [4.78, 5) is 4.32. The summed E-state index contributed by atoms with van der Waals surface area (Å²) in [5, 5.41) is 21.6. The number of hydrogen-bond acceptors (Lipinski definition) is 4. The van der Waals surface area contributed by atoms with Crippen molar-refractivity contribution in [3.63, 3.8) is 0 Å². The predicted octanol–water partition coefficient (Wildman–Crippen LogP) is 3.55. The van der Waals surface area contributed by atoms with Crippen molar-refractivity contribution in [2.24, 2.45) is 0 Å². The number of pyridine rings is 1. The van der Waals surface area contributed by atoms with E-state index in [2.05, 4.69) is 4.98 Å². The van der Waals surface area contributed by atoms with E-state index in [9.17, 15) is 10.2 Å². The highest BCUT2D eigenvalue weighted by atomic mass is 16.3. The van der Waals surface area contributed by atoms with Crippen molar-refractivity contribution >= 4 is 32.8 Å². The Hall–Kier alpha value is -2.75. The van der Waals surface area contributed by atoms with Crippen LogP contribution in [0.5, 0.6) is 11.5 Å². The average molecular weight is 251 g/mol. The Morgan fingerprint density at radius 3 is 2.53 bits per heavy atom. The van der Waals surface area contributed by atoms with Gasteiger partial charge in [0.05, 0.1) is 5.52 Å². The minimum absolute atomic E-state index is 0.174. The van der Waals surface area contributed by atoms with E-state index in [0.717, 1.165) is 16.2 Å². The molecule has 0 radical (unpaired) electrons. The smallest absolute Gasteiger partial charge is 0.146 e. The molecule has 0 saturated heterocycles. The van der Waals surface area contributed by atoms with Gasteiger partial charge in [0.25, 0.3) is 0 Å². The molecule has 92 valence electrons. The number of rotatable bonds is 0. The van der Waals surface area contributed by atoms with Crippen molar-refractivity contribution in [3.8, 4) is 11.5 Å². The summed E-state index contributed by atoms with van der Waals surface area (Å²) in [6.07, 6.45) is 1.70. The number of nitrogens with zero attached hydrogens (tertiary/aromatic N) is 1. The molecule has 2 aromatic heterocycles. The highest BCUT2D eigenvalue weighted by molar-refractivity contribution is 6.13. The number of hydrogen-bond donors (Lipinski definition) is 2. The van der Waals surface area contributed by atoms with Crippen molar-refractivity contribution in [2.75, 3.05) is 0 Å². The summed E-state index contributed by atoms with van der Waals surface area (Å²) in [6, 6.07) is 9.97. The molecule has 4 heteroatoms. The second kappa shape index (κ2) is 3.38. The van der Waals surface area contributed by atoms with Gasteiger partial charge in [-0.05, 0) is 30.3 Å². The van der Waals surface area contributed by atoms with Crippen LogP contribution in [0.3, 0.4) is 0 Å². The van der Waals surface area contributed by atoms with Crippen LogP contribution < -0.4 is 0 Å². The molecule has 2 heterocycles. The lowest BCUT2D eigenvalue weighted by molar-refractivity contribution is 0.475. The number of furan rings is 1. The normalized spacial score (nSPS) is 11.6. The quantitative estimate of drug-likeness (QED) is 0.501. The fraction of sp³-hybridized carbons (Fsp3) is 0. The SMILES string of the molecule is Oc1ccc2c(c1)ncc1c3cc(O)ccc3oc21. The average Bonchev–Trinajstić information content (AvgIpc) is 2.76. The summed E-state index contributed by atoms with van der Waals surface area (Å²) in [6.45, 7) is 0. The summed E-state index contributed by atoms with van der Waals surface area (Å²) in [7, 11) is 0. The Kier molecular flexibility index (Phi) is 1.82. The number of phenolic OH excluding ortho intramolecular Hbond substituents is 2. The van der Waals surface area contributed by atoms with E-state index in [-0.39, 0.29) is 11.5 Å². The standard InChI is InChI=1S/C15H9NO3/c17-8-2-4-14-11(5-8)12-7-16-13-6-9(18)1-3-10(13)15(12)19-14/h1-7,17-18H. The summed E-state index contributed by atoms with van der Waals surface area (Å²) < 4.78 is 5.83. The molecule has 4 nitrogen and oxygen atoms in total. The Morgan fingerprint density at radius 2 is 1.63 bits per heavy atom. The van der Waals surface area contributed by atoms with Gasteiger partial charge < -0.3 is 14.6 Å². The molecule has 0 saturated carbocycles. The Morgan fingerprint density at radius 1 is 0.842 bits per heavy atom. The zero-order valence-corrected chi connectivity index (χ0v) is 9.79. The van der Waals surface area contributed by atoms with Crippen molar-refractivity contribution in [3.05, 3.63) is 42.6 Å². The van der Waals surface area contributed by atoms with Gasteiger partial charge in [-0.2, -0.15) is 0 Å². The van der Waals surface area contributed by atoms with Gasteiger partial charge in [0.15, 0.2) is 0 Å². The topological polar surface area (TPSA) is 66.5 Å².